The summed E-state index contributed by atoms with van der Waals surface area (Å²) in [6.07, 6.45) is 3.15. The summed E-state index contributed by atoms with van der Waals surface area (Å²) in [5.41, 5.74) is 5.30. The van der Waals surface area contributed by atoms with Crippen LogP contribution >= 0.6 is 0 Å². The number of nitrogen functional groups attached to an aromatic ring is 1. The lowest BCUT2D eigenvalue weighted by atomic mass is 9.94. The van der Waals surface area contributed by atoms with Crippen molar-refractivity contribution < 1.29 is 9.31 Å². The Bertz CT molecular complexity index is 447. The van der Waals surface area contributed by atoms with Gasteiger partial charge < -0.3 is 5.73 Å². The van der Waals surface area contributed by atoms with Crippen molar-refractivity contribution >= 4 is 11.4 Å². The van der Waals surface area contributed by atoms with Crippen LogP contribution in [-0.2, 0) is 6.42 Å². The van der Waals surface area contributed by atoms with Gasteiger partial charge in [0.05, 0.1) is 4.92 Å². The Morgan fingerprint density at radius 1 is 1.42 bits per heavy atom. The fourth-order valence-electron chi connectivity index (χ4n) is 2.21. The summed E-state index contributed by atoms with van der Waals surface area (Å²) in [6, 6.07) is 4.77. The Balaban J connectivity index is 2.59. The third-order valence-corrected chi connectivity index (χ3v) is 3.23. The molecule has 0 radical (unpaired) electrons. The van der Waals surface area contributed by atoms with E-state index in [4.69, 9.17) is 5.73 Å². The van der Waals surface area contributed by atoms with Gasteiger partial charge in [-0.15, -0.1) is 0 Å². The third kappa shape index (κ3) is 4.85. The normalized spacial score (nSPS) is 14.1. The van der Waals surface area contributed by atoms with Gasteiger partial charge in [0.1, 0.15) is 11.4 Å². The number of aryl methyl sites for hydroxylation is 1. The minimum atomic E-state index is -1.14. The topological polar surface area (TPSA) is 69.2 Å². The fourth-order valence-corrected chi connectivity index (χ4v) is 2.21. The predicted octanol–water partition coefficient (Wildman–Crippen LogP) is 4.03. The number of nitro benzene ring substituents is 1. The summed E-state index contributed by atoms with van der Waals surface area (Å²) in [6.45, 7) is 3.57. The Kier molecular flexibility index (Phi) is 5.27. The highest BCUT2D eigenvalue weighted by Gasteiger charge is 2.21. The van der Waals surface area contributed by atoms with E-state index in [1.165, 1.54) is 12.1 Å². The number of anilines is 1. The molecule has 1 unspecified atom stereocenters. The third-order valence-electron chi connectivity index (χ3n) is 3.23. The Hall–Kier alpha value is -1.65. The van der Waals surface area contributed by atoms with Crippen molar-refractivity contribution in [2.45, 2.75) is 51.6 Å². The van der Waals surface area contributed by atoms with E-state index >= 15 is 0 Å². The van der Waals surface area contributed by atoms with Crippen molar-refractivity contribution in [1.82, 2.24) is 0 Å². The van der Waals surface area contributed by atoms with E-state index in [0.29, 0.717) is 25.7 Å². The van der Waals surface area contributed by atoms with E-state index in [2.05, 4.69) is 0 Å². The minimum Gasteiger partial charge on any atom is -0.393 e. The van der Waals surface area contributed by atoms with E-state index in [1.54, 1.807) is 13.0 Å². The lowest BCUT2D eigenvalue weighted by molar-refractivity contribution is -0.384. The fraction of sp³-hybridized carbons (Fsp3) is 0.571. The smallest absolute Gasteiger partial charge is 0.292 e. The van der Waals surface area contributed by atoms with Crippen molar-refractivity contribution in [2.75, 3.05) is 5.73 Å². The number of halogens is 1. The van der Waals surface area contributed by atoms with Gasteiger partial charge in [0.15, 0.2) is 0 Å². The Morgan fingerprint density at radius 2 is 2.11 bits per heavy atom. The number of nitrogens with two attached hydrogens (primary N) is 1. The van der Waals surface area contributed by atoms with Crippen LogP contribution in [0, 0.1) is 10.1 Å². The zero-order valence-corrected chi connectivity index (χ0v) is 11.5. The van der Waals surface area contributed by atoms with Crippen LogP contribution in [0.3, 0.4) is 0 Å². The molecule has 4 nitrogen and oxygen atoms in total. The Labute approximate surface area is 113 Å². The first-order valence-corrected chi connectivity index (χ1v) is 6.57. The van der Waals surface area contributed by atoms with Crippen molar-refractivity contribution in [3.05, 3.63) is 33.9 Å². The van der Waals surface area contributed by atoms with Crippen molar-refractivity contribution in [3.63, 3.8) is 0 Å². The summed E-state index contributed by atoms with van der Waals surface area (Å²) in [7, 11) is 0. The van der Waals surface area contributed by atoms with Gasteiger partial charge in [-0.1, -0.05) is 19.4 Å². The maximum Gasteiger partial charge on any atom is 0.292 e. The predicted molar refractivity (Wildman–Crippen MR) is 74.9 cm³/mol. The molecule has 2 N–H and O–H groups in total. The van der Waals surface area contributed by atoms with Crippen LogP contribution in [-0.4, -0.2) is 10.6 Å². The first-order chi connectivity index (χ1) is 8.85. The first kappa shape index (κ1) is 15.4. The quantitative estimate of drug-likeness (QED) is 0.461. The monoisotopic (exact) mass is 268 g/mol. The van der Waals surface area contributed by atoms with Gasteiger partial charge in [-0.25, -0.2) is 4.39 Å². The van der Waals surface area contributed by atoms with E-state index < -0.39 is 10.6 Å². The van der Waals surface area contributed by atoms with Crippen LogP contribution in [0.4, 0.5) is 15.8 Å². The number of alkyl halides is 1. The zero-order chi connectivity index (χ0) is 14.5. The Morgan fingerprint density at radius 3 is 2.68 bits per heavy atom. The standard InChI is InChI=1S/C14H21FN2O2/c1-3-8-14(2,15)9-4-5-11-6-7-12(16)13(10-11)17(18)19/h6-7,10H,3-5,8-9,16H2,1-2H3. The van der Waals surface area contributed by atoms with Crippen LogP contribution in [0.25, 0.3) is 0 Å². The lowest BCUT2D eigenvalue weighted by Crippen LogP contribution is -2.17. The van der Waals surface area contributed by atoms with Crippen LogP contribution in [0.1, 0.15) is 45.1 Å². The SMILES string of the molecule is CCCC(C)(F)CCCc1ccc(N)c([N+](=O)[O-])c1. The van der Waals surface area contributed by atoms with Gasteiger partial charge in [-0.05, 0) is 44.2 Å². The average Bonchev–Trinajstić information content (AvgIpc) is 2.30. The maximum atomic E-state index is 13.9. The molecular formula is C14H21FN2O2. The van der Waals surface area contributed by atoms with E-state index in [9.17, 15) is 14.5 Å². The highest BCUT2D eigenvalue weighted by Crippen LogP contribution is 2.26. The molecule has 0 saturated heterocycles. The molecule has 0 aliphatic heterocycles. The number of hydrogen-bond acceptors (Lipinski definition) is 3. The second-order valence-corrected chi connectivity index (χ2v) is 5.17. The molecule has 1 aromatic rings. The molecule has 1 aromatic carbocycles. The number of nitrogens with zero attached hydrogens (tertiary/aromatic N) is 1. The molecule has 0 spiro atoms. The largest absolute Gasteiger partial charge is 0.393 e. The summed E-state index contributed by atoms with van der Waals surface area (Å²) in [4.78, 5) is 10.3. The van der Waals surface area contributed by atoms with Crippen LogP contribution < -0.4 is 5.73 Å². The second kappa shape index (κ2) is 6.50. The highest BCUT2D eigenvalue weighted by molar-refractivity contribution is 5.59. The number of hydrogen-bond donors (Lipinski definition) is 1. The van der Waals surface area contributed by atoms with Gasteiger partial charge in [0.2, 0.25) is 0 Å². The van der Waals surface area contributed by atoms with Gasteiger partial charge in [-0.2, -0.15) is 0 Å². The molecule has 5 heteroatoms. The molecule has 1 rings (SSSR count). The lowest BCUT2D eigenvalue weighted by Gasteiger charge is -2.19. The van der Waals surface area contributed by atoms with Gasteiger partial charge in [0, 0.05) is 6.07 Å². The van der Waals surface area contributed by atoms with Crippen molar-refractivity contribution in [3.8, 4) is 0 Å². The molecule has 0 saturated carbocycles. The van der Waals surface area contributed by atoms with Crippen molar-refractivity contribution in [1.29, 1.82) is 0 Å². The number of benzene rings is 1. The number of rotatable bonds is 7. The van der Waals surface area contributed by atoms with E-state index in [0.717, 1.165) is 12.0 Å². The molecule has 0 heterocycles. The molecule has 0 aliphatic rings. The summed E-state index contributed by atoms with van der Waals surface area (Å²) in [5, 5.41) is 10.8. The summed E-state index contributed by atoms with van der Waals surface area (Å²) < 4.78 is 13.9. The van der Waals surface area contributed by atoms with Crippen LogP contribution in [0.5, 0.6) is 0 Å². The summed E-state index contributed by atoms with van der Waals surface area (Å²) in [5.74, 6) is 0. The molecule has 0 bridgehead atoms. The molecule has 0 fully saturated rings. The first-order valence-electron chi connectivity index (χ1n) is 6.57. The summed E-state index contributed by atoms with van der Waals surface area (Å²) >= 11 is 0. The van der Waals surface area contributed by atoms with E-state index in [1.807, 2.05) is 6.92 Å². The molecule has 0 aromatic heterocycles. The average molecular weight is 268 g/mol. The highest BCUT2D eigenvalue weighted by atomic mass is 19.1. The molecule has 1 atom stereocenters. The second-order valence-electron chi connectivity index (χ2n) is 5.17. The zero-order valence-electron chi connectivity index (χ0n) is 11.5. The van der Waals surface area contributed by atoms with Crippen LogP contribution in [0.2, 0.25) is 0 Å². The van der Waals surface area contributed by atoms with Crippen LogP contribution in [0.15, 0.2) is 18.2 Å². The maximum absolute atomic E-state index is 13.9. The van der Waals surface area contributed by atoms with Gasteiger partial charge >= 0.3 is 0 Å². The van der Waals surface area contributed by atoms with Gasteiger partial charge in [0.25, 0.3) is 5.69 Å². The molecule has 106 valence electrons. The minimum absolute atomic E-state index is 0.0749. The molecule has 0 aliphatic carbocycles. The van der Waals surface area contributed by atoms with Gasteiger partial charge in [-0.3, -0.25) is 10.1 Å². The van der Waals surface area contributed by atoms with E-state index in [-0.39, 0.29) is 11.4 Å². The molecule has 19 heavy (non-hydrogen) atoms. The number of nitro groups is 1. The van der Waals surface area contributed by atoms with Crippen molar-refractivity contribution in [2.24, 2.45) is 0 Å². The molecule has 0 amide bonds. The molecular weight excluding hydrogens is 247 g/mol.